The number of hydrogen-bond donors (Lipinski definition) is 1. The van der Waals surface area contributed by atoms with E-state index in [-0.39, 0.29) is 17.7 Å². The van der Waals surface area contributed by atoms with E-state index in [1.54, 1.807) is 32.2 Å². The number of anilines is 1. The Kier molecular flexibility index (Phi) is 5.91. The molecule has 1 aliphatic rings. The number of esters is 1. The van der Waals surface area contributed by atoms with Gasteiger partial charge in [0.15, 0.2) is 5.78 Å². The monoisotopic (exact) mass is 365 g/mol. The molecule has 2 aromatic carbocycles. The summed E-state index contributed by atoms with van der Waals surface area (Å²) in [6, 6.07) is 14.9. The number of hydrogen-bond acceptors (Lipinski definition) is 5. The fraction of sp³-hybridized carbons (Fsp3) is 0.273. The smallest absolute Gasteiger partial charge is 0.338 e. The summed E-state index contributed by atoms with van der Waals surface area (Å²) < 4.78 is 10.2. The van der Waals surface area contributed by atoms with Crippen molar-refractivity contribution in [1.82, 2.24) is 0 Å². The number of benzene rings is 2. The Morgan fingerprint density at radius 2 is 1.78 bits per heavy atom. The van der Waals surface area contributed by atoms with Crippen LogP contribution in [0.15, 0.2) is 60.3 Å². The van der Waals surface area contributed by atoms with E-state index in [1.165, 1.54) is 0 Å². The highest BCUT2D eigenvalue weighted by atomic mass is 16.5. The Morgan fingerprint density at radius 1 is 1.07 bits per heavy atom. The average Bonchev–Trinajstić information content (AvgIpc) is 2.68. The van der Waals surface area contributed by atoms with Crippen LogP contribution < -0.4 is 10.1 Å². The van der Waals surface area contributed by atoms with Gasteiger partial charge in [-0.15, -0.1) is 0 Å². The lowest BCUT2D eigenvalue weighted by molar-refractivity contribution is -0.115. The van der Waals surface area contributed by atoms with Gasteiger partial charge in [0.05, 0.1) is 19.3 Å². The van der Waals surface area contributed by atoms with E-state index in [0.29, 0.717) is 18.6 Å². The summed E-state index contributed by atoms with van der Waals surface area (Å²) in [5.74, 6) is 0.703. The van der Waals surface area contributed by atoms with Gasteiger partial charge in [0.25, 0.3) is 0 Å². The Bertz CT molecular complexity index is 838. The summed E-state index contributed by atoms with van der Waals surface area (Å²) in [7, 11) is 1.64. The van der Waals surface area contributed by atoms with Crippen molar-refractivity contribution in [2.24, 2.45) is 0 Å². The maximum Gasteiger partial charge on any atom is 0.338 e. The third kappa shape index (κ3) is 4.76. The van der Waals surface area contributed by atoms with Gasteiger partial charge in [-0.3, -0.25) is 4.79 Å². The van der Waals surface area contributed by atoms with E-state index in [4.69, 9.17) is 9.47 Å². The van der Waals surface area contributed by atoms with E-state index < -0.39 is 0 Å². The zero-order valence-electron chi connectivity index (χ0n) is 15.5. The average molecular weight is 365 g/mol. The van der Waals surface area contributed by atoms with Crippen LogP contribution in [-0.4, -0.2) is 25.5 Å². The van der Waals surface area contributed by atoms with Crippen LogP contribution in [0.5, 0.6) is 5.75 Å². The summed E-state index contributed by atoms with van der Waals surface area (Å²) in [6.45, 7) is 2.13. The predicted molar refractivity (Wildman–Crippen MR) is 104 cm³/mol. The summed E-state index contributed by atoms with van der Waals surface area (Å²) in [4.78, 5) is 23.9. The van der Waals surface area contributed by atoms with Crippen LogP contribution in [0.4, 0.5) is 5.69 Å². The summed E-state index contributed by atoms with van der Waals surface area (Å²) in [5.41, 5.74) is 3.33. The quantitative estimate of drug-likeness (QED) is 0.773. The largest absolute Gasteiger partial charge is 0.497 e. The number of rotatable bonds is 6. The molecule has 27 heavy (non-hydrogen) atoms. The van der Waals surface area contributed by atoms with Gasteiger partial charge in [-0.2, -0.15) is 0 Å². The first kappa shape index (κ1) is 18.7. The lowest BCUT2D eigenvalue weighted by Gasteiger charge is -2.23. The van der Waals surface area contributed by atoms with Gasteiger partial charge in [0.2, 0.25) is 0 Å². The highest BCUT2D eigenvalue weighted by molar-refractivity contribution is 5.93. The Hall–Kier alpha value is -3.08. The zero-order chi connectivity index (χ0) is 19.2. The molecule has 5 heteroatoms. The third-order valence-corrected chi connectivity index (χ3v) is 4.54. The van der Waals surface area contributed by atoms with Crippen molar-refractivity contribution in [2.45, 2.75) is 25.7 Å². The Balaban J connectivity index is 1.69. The molecule has 0 aromatic heterocycles. The molecule has 0 unspecified atom stereocenters. The van der Waals surface area contributed by atoms with Crippen LogP contribution in [-0.2, 0) is 9.53 Å². The Morgan fingerprint density at radius 3 is 2.41 bits per heavy atom. The van der Waals surface area contributed by atoms with Gasteiger partial charge in [-0.1, -0.05) is 12.1 Å². The predicted octanol–water partition coefficient (Wildman–Crippen LogP) is 4.31. The molecule has 0 saturated heterocycles. The van der Waals surface area contributed by atoms with Crippen LogP contribution in [0, 0.1) is 0 Å². The highest BCUT2D eigenvalue weighted by Crippen LogP contribution is 2.32. The van der Waals surface area contributed by atoms with Gasteiger partial charge in [0.1, 0.15) is 5.75 Å². The molecule has 0 aliphatic heterocycles. The van der Waals surface area contributed by atoms with Gasteiger partial charge < -0.3 is 14.8 Å². The minimum absolute atomic E-state index is 0.104. The number of allylic oxidation sites excluding steroid dienone is 2. The molecular weight excluding hydrogens is 342 g/mol. The number of carbonyl (C=O) groups excluding carboxylic acids is 2. The minimum atomic E-state index is -0.337. The van der Waals surface area contributed by atoms with Crippen LogP contribution in [0.1, 0.15) is 41.6 Å². The maximum atomic E-state index is 12.2. The van der Waals surface area contributed by atoms with Gasteiger partial charge in [0, 0.05) is 23.9 Å². The lowest BCUT2D eigenvalue weighted by atomic mass is 9.85. The van der Waals surface area contributed by atoms with Crippen LogP contribution in [0.3, 0.4) is 0 Å². The van der Waals surface area contributed by atoms with Gasteiger partial charge >= 0.3 is 5.97 Å². The van der Waals surface area contributed by atoms with Crippen molar-refractivity contribution in [2.75, 3.05) is 19.0 Å². The molecule has 1 aliphatic carbocycles. The molecule has 1 atom stereocenters. The minimum Gasteiger partial charge on any atom is -0.497 e. The molecule has 0 saturated carbocycles. The second kappa shape index (κ2) is 8.54. The second-order valence-corrected chi connectivity index (χ2v) is 6.44. The normalized spacial score (nSPS) is 16.4. The van der Waals surface area contributed by atoms with Crippen LogP contribution >= 0.6 is 0 Å². The SMILES string of the molecule is CCOC(=O)c1ccc(NC2=CC(=O)C[C@H](c3ccc(OC)cc3)C2)cc1. The van der Waals surface area contributed by atoms with E-state index in [9.17, 15) is 9.59 Å². The molecule has 0 bridgehead atoms. The standard InChI is InChI=1S/C22H23NO4/c1-3-27-22(25)16-4-8-18(9-5-16)23-19-12-17(13-20(24)14-19)15-6-10-21(26-2)11-7-15/h4-11,14,17,23H,3,12-13H2,1-2H3/t17-/m1/s1. The third-order valence-electron chi connectivity index (χ3n) is 4.54. The maximum absolute atomic E-state index is 12.2. The number of methoxy groups -OCH3 is 1. The van der Waals surface area contributed by atoms with Crippen molar-refractivity contribution in [1.29, 1.82) is 0 Å². The lowest BCUT2D eigenvalue weighted by Crippen LogP contribution is -2.16. The molecule has 140 valence electrons. The molecule has 2 aromatic rings. The molecule has 3 rings (SSSR count). The molecule has 5 nitrogen and oxygen atoms in total. The van der Waals surface area contributed by atoms with Crippen molar-refractivity contribution < 1.29 is 19.1 Å². The van der Waals surface area contributed by atoms with Crippen molar-refractivity contribution in [3.63, 3.8) is 0 Å². The van der Waals surface area contributed by atoms with Crippen molar-refractivity contribution in [3.8, 4) is 5.75 Å². The molecule has 0 heterocycles. The fourth-order valence-corrected chi connectivity index (χ4v) is 3.18. The number of ether oxygens (including phenoxy) is 2. The molecule has 0 fully saturated rings. The first-order chi connectivity index (χ1) is 13.1. The summed E-state index contributed by atoms with van der Waals surface area (Å²) in [6.07, 6.45) is 2.91. The van der Waals surface area contributed by atoms with Gasteiger partial charge in [-0.25, -0.2) is 4.79 Å². The van der Waals surface area contributed by atoms with E-state index >= 15 is 0 Å². The Labute approximate surface area is 159 Å². The van der Waals surface area contributed by atoms with Crippen molar-refractivity contribution >= 4 is 17.4 Å². The van der Waals surface area contributed by atoms with Gasteiger partial charge in [-0.05, 0) is 61.2 Å². The van der Waals surface area contributed by atoms with Crippen LogP contribution in [0.25, 0.3) is 0 Å². The first-order valence-electron chi connectivity index (χ1n) is 9.00. The zero-order valence-corrected chi connectivity index (χ0v) is 15.5. The molecule has 1 N–H and O–H groups in total. The van der Waals surface area contributed by atoms with E-state index in [0.717, 1.165) is 29.1 Å². The number of carbonyl (C=O) groups is 2. The van der Waals surface area contributed by atoms with Crippen LogP contribution in [0.2, 0.25) is 0 Å². The molecular formula is C22H23NO4. The van der Waals surface area contributed by atoms with E-state index in [1.807, 2.05) is 36.4 Å². The summed E-state index contributed by atoms with van der Waals surface area (Å²) >= 11 is 0. The van der Waals surface area contributed by atoms with Crippen molar-refractivity contribution in [3.05, 3.63) is 71.4 Å². The molecule has 0 amide bonds. The highest BCUT2D eigenvalue weighted by Gasteiger charge is 2.22. The first-order valence-corrected chi connectivity index (χ1v) is 9.00. The molecule has 0 radical (unpaired) electrons. The second-order valence-electron chi connectivity index (χ2n) is 6.44. The van der Waals surface area contributed by atoms with E-state index in [2.05, 4.69) is 5.32 Å². The topological polar surface area (TPSA) is 64.6 Å². The number of nitrogens with one attached hydrogen (secondary N) is 1. The molecule has 0 spiro atoms. The summed E-state index contributed by atoms with van der Waals surface area (Å²) in [5, 5.41) is 3.30. The number of ketones is 1. The fourth-order valence-electron chi connectivity index (χ4n) is 3.18.